The summed E-state index contributed by atoms with van der Waals surface area (Å²) < 4.78 is 5.09. The predicted octanol–water partition coefficient (Wildman–Crippen LogP) is 4.34. The highest BCUT2D eigenvalue weighted by molar-refractivity contribution is 5.63. The summed E-state index contributed by atoms with van der Waals surface area (Å²) in [6, 6.07) is 9.64. The van der Waals surface area contributed by atoms with Crippen molar-refractivity contribution in [3.05, 3.63) is 79.9 Å². The number of allylic oxidation sites excluding steroid dienone is 2. The minimum absolute atomic E-state index is 0.0345. The molecular weight excluding hydrogens is 350 g/mol. The van der Waals surface area contributed by atoms with Crippen molar-refractivity contribution in [2.75, 3.05) is 12.4 Å². The summed E-state index contributed by atoms with van der Waals surface area (Å²) in [5.41, 5.74) is 2.49. The van der Waals surface area contributed by atoms with Crippen molar-refractivity contribution >= 4 is 17.1 Å². The molecule has 0 unspecified atom stereocenters. The normalized spacial score (nSPS) is 22.5. The van der Waals surface area contributed by atoms with E-state index < -0.39 is 9.85 Å². The first-order chi connectivity index (χ1) is 13.0. The molecule has 4 rings (SSSR count). The van der Waals surface area contributed by atoms with Gasteiger partial charge in [-0.1, -0.05) is 18.2 Å². The van der Waals surface area contributed by atoms with E-state index in [0.717, 1.165) is 23.2 Å². The number of ether oxygens (including phenoxy) is 1. The Morgan fingerprint density at radius 1 is 1.11 bits per heavy atom. The van der Waals surface area contributed by atoms with Gasteiger partial charge in [0.05, 0.1) is 23.0 Å². The Labute approximate surface area is 154 Å². The zero-order chi connectivity index (χ0) is 19.1. The van der Waals surface area contributed by atoms with Gasteiger partial charge in [-0.25, -0.2) is 0 Å². The number of nitro groups is 2. The van der Waals surface area contributed by atoms with Crippen LogP contribution in [0.2, 0.25) is 0 Å². The summed E-state index contributed by atoms with van der Waals surface area (Å²) in [4.78, 5) is 21.6. The third-order valence-corrected chi connectivity index (χ3v) is 5.32. The summed E-state index contributed by atoms with van der Waals surface area (Å²) in [5.74, 6) is 0.386. The summed E-state index contributed by atoms with van der Waals surface area (Å²) in [7, 11) is 1.40. The van der Waals surface area contributed by atoms with Gasteiger partial charge in [0, 0.05) is 29.8 Å². The standard InChI is InChI=1S/C19H17N3O5/c1-27-18-8-5-11(9-17(18)22(25)26)19-14-4-2-3-13(14)15-10-12(21(23)24)6-7-16(15)20-19/h2-3,5-10,13-14,19-20H,4H2,1H3/t13-,14+,19+/m0/s1. The van der Waals surface area contributed by atoms with Gasteiger partial charge in [-0.3, -0.25) is 20.2 Å². The average Bonchev–Trinajstić information content (AvgIpc) is 3.16. The monoisotopic (exact) mass is 367 g/mol. The Morgan fingerprint density at radius 3 is 2.63 bits per heavy atom. The molecule has 0 saturated heterocycles. The quantitative estimate of drug-likeness (QED) is 0.489. The number of benzene rings is 2. The van der Waals surface area contributed by atoms with Crippen LogP contribution >= 0.6 is 0 Å². The van der Waals surface area contributed by atoms with Gasteiger partial charge in [0.15, 0.2) is 5.75 Å². The van der Waals surface area contributed by atoms with Crippen molar-refractivity contribution in [1.82, 2.24) is 0 Å². The van der Waals surface area contributed by atoms with Gasteiger partial charge in [-0.15, -0.1) is 0 Å². The maximum absolute atomic E-state index is 11.4. The molecule has 0 spiro atoms. The van der Waals surface area contributed by atoms with Gasteiger partial charge in [0.25, 0.3) is 5.69 Å². The number of anilines is 1. The van der Waals surface area contributed by atoms with Gasteiger partial charge in [0.2, 0.25) is 0 Å². The van der Waals surface area contributed by atoms with Crippen LogP contribution in [0.4, 0.5) is 17.1 Å². The molecular formula is C19H17N3O5. The Kier molecular flexibility index (Phi) is 4.02. The zero-order valence-electron chi connectivity index (χ0n) is 14.5. The lowest BCUT2D eigenvalue weighted by Gasteiger charge is -2.37. The summed E-state index contributed by atoms with van der Waals surface area (Å²) in [5, 5.41) is 25.9. The fourth-order valence-corrected chi connectivity index (χ4v) is 4.07. The van der Waals surface area contributed by atoms with Gasteiger partial charge in [0.1, 0.15) is 0 Å². The number of methoxy groups -OCH3 is 1. The van der Waals surface area contributed by atoms with Crippen LogP contribution in [0.5, 0.6) is 5.75 Å². The van der Waals surface area contributed by atoms with Crippen LogP contribution in [0, 0.1) is 26.1 Å². The second-order valence-electron chi connectivity index (χ2n) is 6.69. The second kappa shape index (κ2) is 6.39. The molecule has 3 atom stereocenters. The summed E-state index contributed by atoms with van der Waals surface area (Å²) in [6.07, 6.45) is 4.93. The minimum atomic E-state index is -0.452. The maximum Gasteiger partial charge on any atom is 0.311 e. The van der Waals surface area contributed by atoms with E-state index in [-0.39, 0.29) is 35.0 Å². The van der Waals surface area contributed by atoms with E-state index in [1.165, 1.54) is 13.2 Å². The number of nitro benzene ring substituents is 2. The Bertz CT molecular complexity index is 972. The highest BCUT2D eigenvalue weighted by Gasteiger charge is 2.39. The topological polar surface area (TPSA) is 108 Å². The molecule has 1 heterocycles. The van der Waals surface area contributed by atoms with Crippen LogP contribution in [0.3, 0.4) is 0 Å². The molecule has 1 aliphatic carbocycles. The molecule has 1 N–H and O–H groups in total. The predicted molar refractivity (Wildman–Crippen MR) is 99.1 cm³/mol. The molecule has 8 nitrogen and oxygen atoms in total. The van der Waals surface area contributed by atoms with Crippen LogP contribution in [0.15, 0.2) is 48.6 Å². The summed E-state index contributed by atoms with van der Waals surface area (Å²) in [6.45, 7) is 0. The van der Waals surface area contributed by atoms with Crippen molar-refractivity contribution < 1.29 is 14.6 Å². The highest BCUT2D eigenvalue weighted by Crippen LogP contribution is 2.51. The lowest BCUT2D eigenvalue weighted by Crippen LogP contribution is -2.29. The third kappa shape index (κ3) is 2.79. The maximum atomic E-state index is 11.4. The highest BCUT2D eigenvalue weighted by atomic mass is 16.6. The van der Waals surface area contributed by atoms with Crippen LogP contribution in [-0.2, 0) is 0 Å². The molecule has 0 radical (unpaired) electrons. The Hall–Kier alpha value is -3.42. The van der Waals surface area contributed by atoms with Crippen LogP contribution < -0.4 is 10.1 Å². The van der Waals surface area contributed by atoms with E-state index in [1.807, 2.05) is 6.07 Å². The van der Waals surface area contributed by atoms with E-state index in [0.29, 0.717) is 0 Å². The summed E-state index contributed by atoms with van der Waals surface area (Å²) >= 11 is 0. The first kappa shape index (κ1) is 17.0. The van der Waals surface area contributed by atoms with Crippen molar-refractivity contribution in [2.45, 2.75) is 18.4 Å². The van der Waals surface area contributed by atoms with E-state index in [4.69, 9.17) is 4.74 Å². The van der Waals surface area contributed by atoms with Crippen LogP contribution in [0.25, 0.3) is 0 Å². The molecule has 0 bridgehead atoms. The van der Waals surface area contributed by atoms with E-state index in [2.05, 4.69) is 17.5 Å². The van der Waals surface area contributed by atoms with E-state index in [9.17, 15) is 20.2 Å². The van der Waals surface area contributed by atoms with Gasteiger partial charge in [-0.2, -0.15) is 0 Å². The second-order valence-corrected chi connectivity index (χ2v) is 6.69. The lowest BCUT2D eigenvalue weighted by molar-refractivity contribution is -0.385. The number of hydrogen-bond donors (Lipinski definition) is 1. The van der Waals surface area contributed by atoms with Crippen molar-refractivity contribution in [3.8, 4) is 5.75 Å². The first-order valence-corrected chi connectivity index (χ1v) is 8.53. The number of hydrogen-bond acceptors (Lipinski definition) is 6. The van der Waals surface area contributed by atoms with Crippen molar-refractivity contribution in [1.29, 1.82) is 0 Å². The van der Waals surface area contributed by atoms with Crippen LogP contribution in [-0.4, -0.2) is 17.0 Å². The minimum Gasteiger partial charge on any atom is -0.490 e. The Morgan fingerprint density at radius 2 is 1.93 bits per heavy atom. The number of non-ortho nitro benzene ring substituents is 1. The smallest absolute Gasteiger partial charge is 0.311 e. The number of nitrogens with one attached hydrogen (secondary N) is 1. The molecule has 0 fully saturated rings. The molecule has 2 aromatic rings. The molecule has 8 heteroatoms. The molecule has 138 valence electrons. The molecule has 27 heavy (non-hydrogen) atoms. The fraction of sp³-hybridized carbons (Fsp3) is 0.263. The SMILES string of the molecule is COc1ccc([C@H]2Nc3ccc([N+](=O)[O-])cc3[C@H]3C=CC[C@H]32)cc1[N+](=O)[O-]. The van der Waals surface area contributed by atoms with Crippen LogP contribution in [0.1, 0.15) is 29.5 Å². The van der Waals surface area contributed by atoms with E-state index in [1.54, 1.807) is 24.3 Å². The van der Waals surface area contributed by atoms with E-state index >= 15 is 0 Å². The molecule has 2 aromatic carbocycles. The molecule has 2 aliphatic rings. The molecule has 0 saturated carbocycles. The van der Waals surface area contributed by atoms with Gasteiger partial charge >= 0.3 is 5.69 Å². The first-order valence-electron chi connectivity index (χ1n) is 8.53. The van der Waals surface area contributed by atoms with Crippen molar-refractivity contribution in [3.63, 3.8) is 0 Å². The molecule has 0 aromatic heterocycles. The molecule has 1 aliphatic heterocycles. The number of nitrogens with zero attached hydrogens (tertiary/aromatic N) is 2. The fourth-order valence-electron chi connectivity index (χ4n) is 4.07. The number of fused-ring (bicyclic) bond motifs is 3. The average molecular weight is 367 g/mol. The van der Waals surface area contributed by atoms with Crippen molar-refractivity contribution in [2.24, 2.45) is 5.92 Å². The Balaban J connectivity index is 1.77. The third-order valence-electron chi connectivity index (χ3n) is 5.32. The van der Waals surface area contributed by atoms with Gasteiger partial charge < -0.3 is 10.1 Å². The number of rotatable bonds is 4. The zero-order valence-corrected chi connectivity index (χ0v) is 14.5. The molecule has 0 amide bonds. The lowest BCUT2D eigenvalue weighted by atomic mass is 9.77. The van der Waals surface area contributed by atoms with Gasteiger partial charge in [-0.05, 0) is 35.6 Å². The largest absolute Gasteiger partial charge is 0.490 e.